The van der Waals surface area contributed by atoms with Gasteiger partial charge in [-0.1, -0.05) is 24.3 Å². The van der Waals surface area contributed by atoms with E-state index in [-0.39, 0.29) is 5.91 Å². The van der Waals surface area contributed by atoms with E-state index in [0.717, 1.165) is 21.1 Å². The van der Waals surface area contributed by atoms with Gasteiger partial charge in [-0.05, 0) is 23.6 Å². The molecular formula is C16H15N3OS2. The third kappa shape index (κ3) is 3.03. The summed E-state index contributed by atoms with van der Waals surface area (Å²) in [6.07, 6.45) is 0.299. The Morgan fingerprint density at radius 1 is 1.23 bits per heavy atom. The zero-order valence-electron chi connectivity index (χ0n) is 12.0. The molecule has 0 aliphatic rings. The van der Waals surface area contributed by atoms with Crippen molar-refractivity contribution in [1.82, 2.24) is 4.98 Å². The zero-order chi connectivity index (χ0) is 15.5. The minimum absolute atomic E-state index is 0.0210. The fraction of sp³-hybridized carbons (Fsp3) is 0.125. The highest BCUT2D eigenvalue weighted by Crippen LogP contribution is 2.33. The van der Waals surface area contributed by atoms with E-state index in [9.17, 15) is 4.79 Å². The van der Waals surface area contributed by atoms with Crippen LogP contribution in [0.5, 0.6) is 0 Å². The van der Waals surface area contributed by atoms with Gasteiger partial charge in [-0.3, -0.25) is 4.79 Å². The first-order valence-electron chi connectivity index (χ1n) is 6.76. The van der Waals surface area contributed by atoms with E-state index >= 15 is 0 Å². The number of amides is 1. The first-order chi connectivity index (χ1) is 10.6. The van der Waals surface area contributed by atoms with Gasteiger partial charge in [0.15, 0.2) is 5.13 Å². The van der Waals surface area contributed by atoms with Gasteiger partial charge in [0.25, 0.3) is 0 Å². The molecule has 0 unspecified atom stereocenters. The van der Waals surface area contributed by atoms with Crippen LogP contribution in [0.15, 0.2) is 47.8 Å². The summed E-state index contributed by atoms with van der Waals surface area (Å²) in [4.78, 5) is 20.5. The van der Waals surface area contributed by atoms with Gasteiger partial charge in [0.05, 0.1) is 17.0 Å². The Balaban J connectivity index is 1.83. The third-order valence-electron chi connectivity index (χ3n) is 3.30. The molecule has 1 aromatic carbocycles. The average molecular weight is 329 g/mol. The van der Waals surface area contributed by atoms with Crippen LogP contribution in [0.4, 0.5) is 10.8 Å². The van der Waals surface area contributed by atoms with Gasteiger partial charge in [-0.25, -0.2) is 4.98 Å². The number of nitrogen functional groups attached to an aromatic ring is 1. The number of carbonyl (C=O) groups excluding carboxylic acids is 1. The van der Waals surface area contributed by atoms with E-state index in [1.54, 1.807) is 23.3 Å². The number of aromatic nitrogens is 1. The lowest BCUT2D eigenvalue weighted by molar-refractivity contribution is -0.117. The second-order valence-corrected chi connectivity index (χ2v) is 6.83. The van der Waals surface area contributed by atoms with Crippen molar-refractivity contribution in [1.29, 1.82) is 0 Å². The van der Waals surface area contributed by atoms with Crippen LogP contribution in [0, 0.1) is 0 Å². The largest absolute Gasteiger partial charge is 0.375 e. The zero-order valence-corrected chi connectivity index (χ0v) is 13.7. The number of benzene rings is 1. The highest BCUT2D eigenvalue weighted by atomic mass is 32.1. The maximum Gasteiger partial charge on any atom is 0.232 e. The Bertz CT molecular complexity index is 766. The molecule has 2 aromatic heterocycles. The summed E-state index contributed by atoms with van der Waals surface area (Å²) >= 11 is 2.98. The third-order valence-corrected chi connectivity index (χ3v) is 5.06. The van der Waals surface area contributed by atoms with E-state index in [1.165, 1.54) is 11.3 Å². The van der Waals surface area contributed by atoms with Gasteiger partial charge in [0.1, 0.15) is 0 Å². The Morgan fingerprint density at radius 3 is 2.68 bits per heavy atom. The molecule has 1 amide bonds. The van der Waals surface area contributed by atoms with E-state index < -0.39 is 0 Å². The van der Waals surface area contributed by atoms with E-state index in [1.807, 2.05) is 47.8 Å². The van der Waals surface area contributed by atoms with Crippen LogP contribution in [0.3, 0.4) is 0 Å². The first-order valence-corrected chi connectivity index (χ1v) is 8.45. The SMILES string of the molecule is CN(C(=O)Cc1sc(N)nc1-c1cccs1)c1ccccc1. The summed E-state index contributed by atoms with van der Waals surface area (Å²) in [6, 6.07) is 13.6. The van der Waals surface area contributed by atoms with Crippen molar-refractivity contribution in [3.8, 4) is 10.6 Å². The molecule has 2 heterocycles. The predicted octanol–water partition coefficient (Wildman–Crippen LogP) is 3.66. The van der Waals surface area contributed by atoms with Crippen LogP contribution in [-0.2, 0) is 11.2 Å². The van der Waals surface area contributed by atoms with Gasteiger partial charge in [-0.2, -0.15) is 0 Å². The Morgan fingerprint density at radius 2 is 2.00 bits per heavy atom. The normalized spacial score (nSPS) is 10.6. The molecule has 0 radical (unpaired) electrons. The topological polar surface area (TPSA) is 59.2 Å². The molecule has 0 saturated carbocycles. The molecule has 0 aliphatic heterocycles. The summed E-state index contributed by atoms with van der Waals surface area (Å²) in [5, 5.41) is 2.49. The summed E-state index contributed by atoms with van der Waals surface area (Å²) in [7, 11) is 1.78. The number of para-hydroxylation sites is 1. The number of rotatable bonds is 4. The number of thiazole rings is 1. The molecule has 0 fully saturated rings. The Labute approximate surface area is 136 Å². The minimum Gasteiger partial charge on any atom is -0.375 e. The highest BCUT2D eigenvalue weighted by molar-refractivity contribution is 7.17. The summed E-state index contributed by atoms with van der Waals surface area (Å²) in [5.41, 5.74) is 7.54. The van der Waals surface area contributed by atoms with Crippen LogP contribution in [-0.4, -0.2) is 17.9 Å². The molecule has 0 atom stereocenters. The molecule has 6 heteroatoms. The second kappa shape index (κ2) is 6.29. The van der Waals surface area contributed by atoms with Crippen LogP contribution in [0.1, 0.15) is 4.88 Å². The number of likely N-dealkylation sites (N-methyl/N-ethyl adjacent to an activating group) is 1. The number of carbonyl (C=O) groups is 1. The molecule has 22 heavy (non-hydrogen) atoms. The van der Waals surface area contributed by atoms with Gasteiger partial charge >= 0.3 is 0 Å². The maximum absolute atomic E-state index is 12.5. The molecule has 3 aromatic rings. The van der Waals surface area contributed by atoms with Gasteiger partial charge in [0, 0.05) is 17.6 Å². The van der Waals surface area contributed by atoms with Crippen molar-refractivity contribution in [2.45, 2.75) is 6.42 Å². The number of anilines is 2. The lowest BCUT2D eigenvalue weighted by atomic mass is 10.2. The molecule has 2 N–H and O–H groups in total. The molecule has 0 spiro atoms. The van der Waals surface area contributed by atoms with Crippen LogP contribution in [0.2, 0.25) is 0 Å². The summed E-state index contributed by atoms with van der Waals surface area (Å²) in [6.45, 7) is 0. The molecule has 112 valence electrons. The Kier molecular flexibility index (Phi) is 4.22. The van der Waals surface area contributed by atoms with Crippen molar-refractivity contribution in [2.24, 2.45) is 0 Å². The fourth-order valence-corrected chi connectivity index (χ4v) is 3.79. The van der Waals surface area contributed by atoms with Crippen molar-refractivity contribution >= 4 is 39.4 Å². The number of nitrogens with zero attached hydrogens (tertiary/aromatic N) is 2. The number of thiophene rings is 1. The van der Waals surface area contributed by atoms with Gasteiger partial charge in [0.2, 0.25) is 5.91 Å². The molecule has 4 nitrogen and oxygen atoms in total. The summed E-state index contributed by atoms with van der Waals surface area (Å²) < 4.78 is 0. The van der Waals surface area contributed by atoms with Crippen molar-refractivity contribution in [3.05, 3.63) is 52.7 Å². The van der Waals surface area contributed by atoms with Crippen LogP contribution >= 0.6 is 22.7 Å². The average Bonchev–Trinajstić information content (AvgIpc) is 3.17. The fourth-order valence-electron chi connectivity index (χ4n) is 2.15. The quantitative estimate of drug-likeness (QED) is 0.794. The van der Waals surface area contributed by atoms with Crippen molar-refractivity contribution in [2.75, 3.05) is 17.7 Å². The van der Waals surface area contributed by atoms with Gasteiger partial charge < -0.3 is 10.6 Å². The van der Waals surface area contributed by atoms with Crippen LogP contribution in [0.25, 0.3) is 10.6 Å². The predicted molar refractivity (Wildman–Crippen MR) is 93.4 cm³/mol. The maximum atomic E-state index is 12.5. The monoisotopic (exact) mass is 329 g/mol. The van der Waals surface area contributed by atoms with Gasteiger partial charge in [-0.15, -0.1) is 22.7 Å². The summed E-state index contributed by atoms with van der Waals surface area (Å²) in [5.74, 6) is 0.0210. The molecule has 0 aliphatic carbocycles. The highest BCUT2D eigenvalue weighted by Gasteiger charge is 2.18. The minimum atomic E-state index is 0.0210. The Hall–Kier alpha value is -2.18. The smallest absolute Gasteiger partial charge is 0.232 e. The van der Waals surface area contributed by atoms with E-state index in [2.05, 4.69) is 4.98 Å². The van der Waals surface area contributed by atoms with E-state index in [4.69, 9.17) is 5.73 Å². The molecular weight excluding hydrogens is 314 g/mol. The van der Waals surface area contributed by atoms with Crippen molar-refractivity contribution in [3.63, 3.8) is 0 Å². The van der Waals surface area contributed by atoms with Crippen molar-refractivity contribution < 1.29 is 4.79 Å². The molecule has 0 bridgehead atoms. The lowest BCUT2D eigenvalue weighted by Gasteiger charge is -2.16. The number of hydrogen-bond acceptors (Lipinski definition) is 5. The number of hydrogen-bond donors (Lipinski definition) is 1. The lowest BCUT2D eigenvalue weighted by Crippen LogP contribution is -2.27. The second-order valence-electron chi connectivity index (χ2n) is 4.77. The van der Waals surface area contributed by atoms with E-state index in [0.29, 0.717) is 11.6 Å². The van der Waals surface area contributed by atoms with Crippen LogP contribution < -0.4 is 10.6 Å². The standard InChI is InChI=1S/C16H15N3OS2/c1-19(11-6-3-2-4-7-11)14(20)10-13-15(18-16(17)22-13)12-8-5-9-21-12/h2-9H,10H2,1H3,(H2,17,18). The molecule has 3 rings (SSSR count). The first kappa shape index (κ1) is 14.7. The number of nitrogens with two attached hydrogens (primary N) is 1. The molecule has 0 saturated heterocycles.